The zero-order valence-corrected chi connectivity index (χ0v) is 13.2. The van der Waals surface area contributed by atoms with E-state index >= 15 is 0 Å². The van der Waals surface area contributed by atoms with E-state index in [2.05, 4.69) is 72.5 Å². The van der Waals surface area contributed by atoms with E-state index in [4.69, 9.17) is 0 Å². The summed E-state index contributed by atoms with van der Waals surface area (Å²) in [5, 5.41) is 0. The lowest BCUT2D eigenvalue weighted by molar-refractivity contribution is 0.230. The van der Waals surface area contributed by atoms with Gasteiger partial charge in [0.05, 0.1) is 0 Å². The molecule has 1 aliphatic carbocycles. The Balaban J connectivity index is 1.85. The van der Waals surface area contributed by atoms with Crippen LogP contribution in [-0.2, 0) is 12.8 Å². The zero-order valence-electron chi connectivity index (χ0n) is 13.2. The van der Waals surface area contributed by atoms with Crippen molar-refractivity contribution in [1.29, 1.82) is 0 Å². The number of hydrogen-bond donors (Lipinski definition) is 0. The van der Waals surface area contributed by atoms with Crippen LogP contribution < -0.4 is 0 Å². The van der Waals surface area contributed by atoms with Crippen LogP contribution in [0.15, 0.2) is 60.7 Å². The summed E-state index contributed by atoms with van der Waals surface area (Å²) >= 11 is 0. The molecule has 1 aliphatic rings. The maximum atomic E-state index is 3.36. The molecule has 0 aliphatic heterocycles. The minimum absolute atomic E-state index is 0.359. The molecule has 0 spiro atoms. The quantitative estimate of drug-likeness (QED) is 0.658. The van der Waals surface area contributed by atoms with Gasteiger partial charge in [0.15, 0.2) is 0 Å². The molecule has 0 radical (unpaired) electrons. The summed E-state index contributed by atoms with van der Waals surface area (Å²) in [6, 6.07) is 22.0. The largest absolute Gasteiger partial charge is 0.103 e. The minimum Gasteiger partial charge on any atom is -0.103 e. The van der Waals surface area contributed by atoms with Gasteiger partial charge in [-0.3, -0.25) is 0 Å². The first-order valence-corrected chi connectivity index (χ1v) is 8.40. The fraction of sp³-hybridized carbons (Fsp3) is 0.364. The van der Waals surface area contributed by atoms with Crippen molar-refractivity contribution in [3.05, 3.63) is 71.8 Å². The van der Waals surface area contributed by atoms with Gasteiger partial charge in [-0.05, 0) is 48.6 Å². The molecule has 22 heavy (non-hydrogen) atoms. The van der Waals surface area contributed by atoms with Crippen LogP contribution in [-0.4, -0.2) is 0 Å². The standard InChI is InChI=1S/C22H24/c1-2-10-16-22(17-11-3-1,18-20-12-6-4-7-13-20)19-21-14-8-5-9-15-21/h4-9,12-15H,2,10-11,16-19H2. The topological polar surface area (TPSA) is 0 Å². The number of hydrogen-bond acceptors (Lipinski definition) is 0. The van der Waals surface area contributed by atoms with Crippen molar-refractivity contribution < 1.29 is 0 Å². The van der Waals surface area contributed by atoms with Crippen LogP contribution in [0, 0.1) is 17.3 Å². The molecule has 112 valence electrons. The summed E-state index contributed by atoms with van der Waals surface area (Å²) in [6.45, 7) is 0. The number of benzene rings is 2. The molecule has 0 nitrogen and oxygen atoms in total. The molecule has 0 saturated heterocycles. The first kappa shape index (κ1) is 14.9. The van der Waals surface area contributed by atoms with Gasteiger partial charge in [0, 0.05) is 12.8 Å². The predicted octanol–water partition coefficient (Wildman–Crippen LogP) is 5.43. The van der Waals surface area contributed by atoms with E-state index in [1.54, 1.807) is 0 Å². The number of rotatable bonds is 4. The van der Waals surface area contributed by atoms with E-state index in [-0.39, 0.29) is 0 Å². The Hall–Kier alpha value is -2.00. The minimum atomic E-state index is 0.359. The molecular formula is C22H24. The summed E-state index contributed by atoms with van der Waals surface area (Å²) in [7, 11) is 0. The molecule has 0 fully saturated rings. The van der Waals surface area contributed by atoms with Crippen LogP contribution in [0.3, 0.4) is 0 Å². The van der Waals surface area contributed by atoms with Gasteiger partial charge >= 0.3 is 0 Å². The van der Waals surface area contributed by atoms with Gasteiger partial charge in [-0.1, -0.05) is 60.7 Å². The Kier molecular flexibility index (Phi) is 4.96. The molecule has 0 saturated carbocycles. The predicted molar refractivity (Wildman–Crippen MR) is 93.6 cm³/mol. The molecular weight excluding hydrogens is 264 g/mol. The smallest absolute Gasteiger partial charge is 0.00942 e. The molecule has 0 aromatic heterocycles. The Bertz CT molecular complexity index is 586. The van der Waals surface area contributed by atoms with Crippen molar-refractivity contribution in [1.82, 2.24) is 0 Å². The van der Waals surface area contributed by atoms with E-state index in [0.717, 1.165) is 12.8 Å². The third-order valence-electron chi connectivity index (χ3n) is 4.76. The molecule has 0 heterocycles. The van der Waals surface area contributed by atoms with E-state index in [1.807, 2.05) is 0 Å². The van der Waals surface area contributed by atoms with Gasteiger partial charge in [-0.15, -0.1) is 11.8 Å². The van der Waals surface area contributed by atoms with Gasteiger partial charge in [-0.2, -0.15) is 0 Å². The second kappa shape index (κ2) is 7.32. The Labute approximate surface area is 134 Å². The highest BCUT2D eigenvalue weighted by Crippen LogP contribution is 2.38. The summed E-state index contributed by atoms with van der Waals surface area (Å²) in [6.07, 6.45) is 8.17. The average molecular weight is 288 g/mol. The normalized spacial score (nSPS) is 16.9. The summed E-state index contributed by atoms with van der Waals surface area (Å²) < 4.78 is 0. The molecule has 3 rings (SSSR count). The van der Waals surface area contributed by atoms with Crippen LogP contribution in [0.25, 0.3) is 0 Å². The van der Waals surface area contributed by atoms with Crippen molar-refractivity contribution in [2.45, 2.75) is 44.9 Å². The van der Waals surface area contributed by atoms with Crippen molar-refractivity contribution >= 4 is 0 Å². The second-order valence-corrected chi connectivity index (χ2v) is 6.53. The van der Waals surface area contributed by atoms with Gasteiger partial charge < -0.3 is 0 Å². The third kappa shape index (κ3) is 4.01. The summed E-state index contributed by atoms with van der Waals surface area (Å²) in [5.41, 5.74) is 3.29. The molecule has 0 atom stereocenters. The highest BCUT2D eigenvalue weighted by Gasteiger charge is 2.30. The average Bonchev–Trinajstić information content (AvgIpc) is 2.53. The van der Waals surface area contributed by atoms with Crippen molar-refractivity contribution in [2.24, 2.45) is 5.41 Å². The fourth-order valence-electron chi connectivity index (χ4n) is 3.66. The summed E-state index contributed by atoms with van der Waals surface area (Å²) in [4.78, 5) is 0. The second-order valence-electron chi connectivity index (χ2n) is 6.53. The lowest BCUT2D eigenvalue weighted by Gasteiger charge is -2.35. The molecule has 2 aromatic carbocycles. The molecule has 0 N–H and O–H groups in total. The maximum Gasteiger partial charge on any atom is 0.00942 e. The maximum absolute atomic E-state index is 3.36. The van der Waals surface area contributed by atoms with Crippen molar-refractivity contribution in [3.63, 3.8) is 0 Å². The van der Waals surface area contributed by atoms with Gasteiger partial charge in [-0.25, -0.2) is 0 Å². The highest BCUT2D eigenvalue weighted by atomic mass is 14.3. The van der Waals surface area contributed by atoms with Gasteiger partial charge in [0.1, 0.15) is 0 Å². The van der Waals surface area contributed by atoms with E-state index < -0.39 is 0 Å². The Morgan fingerprint density at radius 1 is 0.682 bits per heavy atom. The van der Waals surface area contributed by atoms with E-state index in [1.165, 1.54) is 43.2 Å². The zero-order chi connectivity index (χ0) is 15.1. The van der Waals surface area contributed by atoms with Crippen LogP contribution in [0.1, 0.15) is 43.2 Å². The van der Waals surface area contributed by atoms with Crippen LogP contribution in [0.5, 0.6) is 0 Å². The molecule has 0 amide bonds. The van der Waals surface area contributed by atoms with Crippen LogP contribution >= 0.6 is 0 Å². The van der Waals surface area contributed by atoms with Gasteiger partial charge in [0.2, 0.25) is 0 Å². The molecule has 2 aromatic rings. The molecule has 0 heteroatoms. The van der Waals surface area contributed by atoms with E-state index in [9.17, 15) is 0 Å². The Morgan fingerprint density at radius 2 is 1.23 bits per heavy atom. The van der Waals surface area contributed by atoms with Crippen LogP contribution in [0.4, 0.5) is 0 Å². The molecule has 0 unspecified atom stereocenters. The lowest BCUT2D eigenvalue weighted by atomic mass is 9.69. The lowest BCUT2D eigenvalue weighted by Crippen LogP contribution is -2.27. The summed E-state index contributed by atoms with van der Waals surface area (Å²) in [5.74, 6) is 6.67. The first-order valence-electron chi connectivity index (χ1n) is 8.40. The van der Waals surface area contributed by atoms with Crippen molar-refractivity contribution in [3.8, 4) is 11.8 Å². The van der Waals surface area contributed by atoms with Gasteiger partial charge in [0.25, 0.3) is 0 Å². The monoisotopic (exact) mass is 288 g/mol. The van der Waals surface area contributed by atoms with Crippen molar-refractivity contribution in [2.75, 3.05) is 0 Å². The Morgan fingerprint density at radius 3 is 1.82 bits per heavy atom. The van der Waals surface area contributed by atoms with E-state index in [0.29, 0.717) is 5.41 Å². The van der Waals surface area contributed by atoms with Crippen LogP contribution in [0.2, 0.25) is 0 Å². The SMILES string of the molecule is C1#CCCC(Cc2ccccc2)(Cc2ccccc2)CCC1. The third-order valence-corrected chi connectivity index (χ3v) is 4.76. The molecule has 0 bridgehead atoms. The first-order chi connectivity index (χ1) is 10.9. The fourth-order valence-corrected chi connectivity index (χ4v) is 3.66. The highest BCUT2D eigenvalue weighted by molar-refractivity contribution is 5.21.